The molecule has 24 heavy (non-hydrogen) atoms. The second kappa shape index (κ2) is 5.69. The first-order chi connectivity index (χ1) is 11.3. The van der Waals surface area contributed by atoms with Crippen LogP contribution in [0.3, 0.4) is 0 Å². The van der Waals surface area contributed by atoms with Crippen molar-refractivity contribution in [1.82, 2.24) is 9.13 Å². The van der Waals surface area contributed by atoms with Crippen molar-refractivity contribution in [1.29, 1.82) is 0 Å². The number of hydrogen-bond acceptors (Lipinski definition) is 3. The highest BCUT2D eigenvalue weighted by molar-refractivity contribution is 7.89. The van der Waals surface area contributed by atoms with Crippen LogP contribution in [0.2, 0.25) is 0 Å². The summed E-state index contributed by atoms with van der Waals surface area (Å²) in [6.45, 7) is 0. The molecule has 0 bridgehead atoms. The van der Waals surface area contributed by atoms with Gasteiger partial charge in [-0.25, -0.2) is 27.1 Å². The van der Waals surface area contributed by atoms with Gasteiger partial charge in [-0.15, -0.1) is 0 Å². The molecule has 3 rings (SSSR count). The number of rotatable bonds is 3. The van der Waals surface area contributed by atoms with Crippen molar-refractivity contribution in [3.63, 3.8) is 0 Å². The normalized spacial score (nSPS) is 11.6. The molecule has 124 valence electrons. The lowest BCUT2D eigenvalue weighted by molar-refractivity contribution is 0.576. The minimum atomic E-state index is -3.84. The molecule has 0 radical (unpaired) electrons. The average molecular weight is 351 g/mol. The second-order valence-electron chi connectivity index (χ2n) is 4.96. The maximum Gasteiger partial charge on any atom is 0.337 e. The lowest BCUT2D eigenvalue weighted by Gasteiger charge is -2.05. The molecule has 0 saturated heterocycles. The molecule has 0 aliphatic carbocycles. The molecule has 0 saturated carbocycles. The van der Waals surface area contributed by atoms with Crippen LogP contribution in [-0.2, 0) is 10.0 Å². The van der Waals surface area contributed by atoms with Gasteiger partial charge in [-0.05, 0) is 36.4 Å². The third-order valence-corrected chi connectivity index (χ3v) is 4.32. The number of aromatic nitrogens is 2. The van der Waals surface area contributed by atoms with E-state index in [9.17, 15) is 22.0 Å². The van der Waals surface area contributed by atoms with Crippen molar-refractivity contribution in [2.75, 3.05) is 0 Å². The van der Waals surface area contributed by atoms with Crippen LogP contribution in [-0.4, -0.2) is 17.6 Å². The molecule has 3 aromatic rings. The summed E-state index contributed by atoms with van der Waals surface area (Å²) in [6.07, 6.45) is 2.71. The molecule has 6 nitrogen and oxygen atoms in total. The SMILES string of the molecule is NS(=O)(=O)c1ccc(-n2ccn(-c3ccc(F)cc3F)c2=O)cc1. The van der Waals surface area contributed by atoms with E-state index in [1.165, 1.54) is 41.2 Å². The molecule has 9 heteroatoms. The number of nitrogens with zero attached hydrogens (tertiary/aromatic N) is 2. The zero-order valence-corrected chi connectivity index (χ0v) is 12.9. The van der Waals surface area contributed by atoms with E-state index in [1.54, 1.807) is 0 Å². The summed E-state index contributed by atoms with van der Waals surface area (Å²) >= 11 is 0. The summed E-state index contributed by atoms with van der Waals surface area (Å²) in [5.41, 5.74) is -0.321. The highest BCUT2D eigenvalue weighted by Gasteiger charge is 2.13. The number of primary sulfonamides is 1. The van der Waals surface area contributed by atoms with Gasteiger partial charge in [0, 0.05) is 18.5 Å². The van der Waals surface area contributed by atoms with Crippen LogP contribution < -0.4 is 10.8 Å². The number of hydrogen-bond donors (Lipinski definition) is 1. The quantitative estimate of drug-likeness (QED) is 0.777. The molecule has 0 fully saturated rings. The summed E-state index contributed by atoms with van der Waals surface area (Å²) in [4.78, 5) is 12.3. The topological polar surface area (TPSA) is 87.1 Å². The molecule has 2 aromatic carbocycles. The van der Waals surface area contributed by atoms with Gasteiger partial charge < -0.3 is 0 Å². The highest BCUT2D eigenvalue weighted by Crippen LogP contribution is 2.15. The molecular formula is C15H11F2N3O3S. The fraction of sp³-hybridized carbons (Fsp3) is 0. The van der Waals surface area contributed by atoms with Crippen molar-refractivity contribution in [2.24, 2.45) is 5.14 Å². The van der Waals surface area contributed by atoms with Gasteiger partial charge in [0.2, 0.25) is 10.0 Å². The Morgan fingerprint density at radius 2 is 1.54 bits per heavy atom. The standard InChI is InChI=1S/C15H11F2N3O3S/c16-10-1-6-14(13(17)9-10)20-8-7-19(15(20)21)11-2-4-12(5-3-11)24(18,22)23/h1-9H,(H2,18,22,23). The van der Waals surface area contributed by atoms with E-state index >= 15 is 0 Å². The lowest BCUT2D eigenvalue weighted by Crippen LogP contribution is -2.22. The number of sulfonamides is 1. The molecule has 0 spiro atoms. The van der Waals surface area contributed by atoms with Crippen molar-refractivity contribution >= 4 is 10.0 Å². The van der Waals surface area contributed by atoms with Gasteiger partial charge in [0.15, 0.2) is 0 Å². The fourth-order valence-electron chi connectivity index (χ4n) is 2.23. The summed E-state index contributed by atoms with van der Waals surface area (Å²) in [5, 5.41) is 5.01. The summed E-state index contributed by atoms with van der Waals surface area (Å²) in [6, 6.07) is 8.18. The zero-order valence-electron chi connectivity index (χ0n) is 12.1. The van der Waals surface area contributed by atoms with Gasteiger partial charge in [0.25, 0.3) is 0 Å². The number of halogens is 2. The summed E-state index contributed by atoms with van der Waals surface area (Å²) in [5.74, 6) is -1.62. The van der Waals surface area contributed by atoms with E-state index in [0.29, 0.717) is 11.8 Å². The molecule has 0 amide bonds. The van der Waals surface area contributed by atoms with Crippen LogP contribution in [0.5, 0.6) is 0 Å². The first-order valence-electron chi connectivity index (χ1n) is 6.66. The van der Waals surface area contributed by atoms with Gasteiger partial charge in [0.05, 0.1) is 16.3 Å². The Morgan fingerprint density at radius 1 is 0.917 bits per heavy atom. The Labute approximate surface area is 135 Å². The largest absolute Gasteiger partial charge is 0.337 e. The lowest BCUT2D eigenvalue weighted by atomic mass is 10.3. The summed E-state index contributed by atoms with van der Waals surface area (Å²) in [7, 11) is -3.84. The van der Waals surface area contributed by atoms with Crippen molar-refractivity contribution in [3.8, 4) is 11.4 Å². The van der Waals surface area contributed by atoms with Crippen LogP contribution >= 0.6 is 0 Å². The van der Waals surface area contributed by atoms with Crippen LogP contribution in [0, 0.1) is 11.6 Å². The molecule has 0 unspecified atom stereocenters. The fourth-order valence-corrected chi connectivity index (χ4v) is 2.75. The number of nitrogens with two attached hydrogens (primary N) is 1. The van der Waals surface area contributed by atoms with Gasteiger partial charge >= 0.3 is 5.69 Å². The summed E-state index contributed by atoms with van der Waals surface area (Å²) < 4.78 is 51.5. The third kappa shape index (κ3) is 2.86. The van der Waals surface area contributed by atoms with Gasteiger partial charge in [-0.1, -0.05) is 0 Å². The molecule has 0 aliphatic rings. The third-order valence-electron chi connectivity index (χ3n) is 3.39. The predicted octanol–water partition coefficient (Wildman–Crippen LogP) is 1.55. The van der Waals surface area contributed by atoms with Crippen molar-refractivity contribution in [3.05, 3.63) is 77.0 Å². The number of benzene rings is 2. The Kier molecular flexibility index (Phi) is 3.82. The van der Waals surface area contributed by atoms with E-state index in [0.717, 1.165) is 16.7 Å². The van der Waals surface area contributed by atoms with Crippen molar-refractivity contribution in [2.45, 2.75) is 4.90 Å². The predicted molar refractivity (Wildman–Crippen MR) is 82.7 cm³/mol. The van der Waals surface area contributed by atoms with Crippen LogP contribution in [0.15, 0.2) is 64.5 Å². The Balaban J connectivity index is 2.06. The van der Waals surface area contributed by atoms with Gasteiger partial charge in [0.1, 0.15) is 11.6 Å². The maximum absolute atomic E-state index is 13.8. The molecule has 1 heterocycles. The van der Waals surface area contributed by atoms with E-state index in [2.05, 4.69) is 0 Å². The van der Waals surface area contributed by atoms with Crippen LogP contribution in [0.25, 0.3) is 11.4 Å². The Bertz CT molecular complexity index is 1070. The molecule has 0 atom stereocenters. The van der Waals surface area contributed by atoms with Crippen LogP contribution in [0.4, 0.5) is 8.78 Å². The Morgan fingerprint density at radius 3 is 2.12 bits per heavy atom. The average Bonchev–Trinajstić information content (AvgIpc) is 2.88. The smallest absolute Gasteiger partial charge is 0.268 e. The van der Waals surface area contributed by atoms with Gasteiger partial charge in [-0.3, -0.25) is 9.13 Å². The van der Waals surface area contributed by atoms with E-state index in [4.69, 9.17) is 5.14 Å². The minimum Gasteiger partial charge on any atom is -0.268 e. The first-order valence-corrected chi connectivity index (χ1v) is 8.21. The number of imidazole rings is 1. The maximum atomic E-state index is 13.8. The van der Waals surface area contributed by atoms with E-state index < -0.39 is 27.3 Å². The minimum absolute atomic E-state index is 0.0942. The molecule has 2 N–H and O–H groups in total. The second-order valence-corrected chi connectivity index (χ2v) is 6.52. The zero-order chi connectivity index (χ0) is 17.5. The Hall–Kier alpha value is -2.78. The molecular weight excluding hydrogens is 340 g/mol. The highest BCUT2D eigenvalue weighted by atomic mass is 32.2. The molecule has 0 aliphatic heterocycles. The van der Waals surface area contributed by atoms with Crippen LogP contribution in [0.1, 0.15) is 0 Å². The first kappa shape index (κ1) is 16.1. The molecule has 1 aromatic heterocycles. The van der Waals surface area contributed by atoms with Gasteiger partial charge in [-0.2, -0.15) is 0 Å². The van der Waals surface area contributed by atoms with E-state index in [1.807, 2.05) is 0 Å². The van der Waals surface area contributed by atoms with Crippen molar-refractivity contribution < 1.29 is 17.2 Å². The monoisotopic (exact) mass is 351 g/mol. The van der Waals surface area contributed by atoms with E-state index in [-0.39, 0.29) is 10.6 Å².